The minimum Gasteiger partial charge on any atom is -0.306 e. The minimum atomic E-state index is 0.771. The van der Waals surface area contributed by atoms with Crippen LogP contribution in [-0.2, 0) is 12.8 Å². The monoisotopic (exact) mass is 215 g/mol. The summed E-state index contributed by atoms with van der Waals surface area (Å²) < 4.78 is 0. The Morgan fingerprint density at radius 2 is 1.81 bits per heavy atom. The fourth-order valence-corrected chi connectivity index (χ4v) is 1.71. The van der Waals surface area contributed by atoms with E-state index in [0.29, 0.717) is 0 Å². The van der Waals surface area contributed by atoms with Crippen LogP contribution in [0.4, 0.5) is 0 Å². The first kappa shape index (κ1) is 12.8. The lowest BCUT2D eigenvalue weighted by Gasteiger charge is -2.05. The van der Waals surface area contributed by atoms with Crippen molar-refractivity contribution in [1.29, 1.82) is 0 Å². The van der Waals surface area contributed by atoms with Gasteiger partial charge in [-0.05, 0) is 42.6 Å². The topological polar surface area (TPSA) is 12.0 Å². The average molecular weight is 215 g/mol. The third kappa shape index (κ3) is 3.72. The normalized spacial score (nSPS) is 9.69. The lowest BCUT2D eigenvalue weighted by molar-refractivity contribution is 0.811. The van der Waals surface area contributed by atoms with E-state index >= 15 is 0 Å². The van der Waals surface area contributed by atoms with Crippen LogP contribution in [0.3, 0.4) is 0 Å². The van der Waals surface area contributed by atoms with Crippen molar-refractivity contribution in [2.24, 2.45) is 0 Å². The van der Waals surface area contributed by atoms with Crippen molar-refractivity contribution in [2.75, 3.05) is 13.1 Å². The predicted molar refractivity (Wildman–Crippen MR) is 70.6 cm³/mol. The lowest BCUT2D eigenvalue weighted by Crippen LogP contribution is -2.11. The molecule has 0 saturated heterocycles. The van der Waals surface area contributed by atoms with Crippen LogP contribution in [0.15, 0.2) is 18.2 Å². The van der Waals surface area contributed by atoms with E-state index in [1.54, 1.807) is 0 Å². The van der Waals surface area contributed by atoms with Crippen LogP contribution < -0.4 is 5.32 Å². The van der Waals surface area contributed by atoms with Gasteiger partial charge < -0.3 is 5.32 Å². The highest BCUT2D eigenvalue weighted by molar-refractivity contribution is 5.41. The zero-order valence-electron chi connectivity index (χ0n) is 10.6. The Hall–Kier alpha value is -1.26. The number of aryl methyl sites for hydroxylation is 2. The van der Waals surface area contributed by atoms with Crippen molar-refractivity contribution in [2.45, 2.75) is 33.6 Å². The summed E-state index contributed by atoms with van der Waals surface area (Å²) in [5.74, 6) is 6.32. The molecule has 1 N–H and O–H groups in total. The Morgan fingerprint density at radius 1 is 1.06 bits per heavy atom. The maximum atomic E-state index is 3.20. The van der Waals surface area contributed by atoms with Gasteiger partial charge in [0, 0.05) is 5.56 Å². The first-order valence-corrected chi connectivity index (χ1v) is 6.13. The molecule has 1 nitrogen and oxygen atoms in total. The average Bonchev–Trinajstić information content (AvgIpc) is 2.34. The van der Waals surface area contributed by atoms with Gasteiger partial charge in [-0.1, -0.05) is 38.7 Å². The van der Waals surface area contributed by atoms with E-state index in [2.05, 4.69) is 56.1 Å². The molecule has 0 heterocycles. The van der Waals surface area contributed by atoms with Crippen LogP contribution in [-0.4, -0.2) is 13.1 Å². The van der Waals surface area contributed by atoms with Gasteiger partial charge in [0.25, 0.3) is 0 Å². The molecule has 0 aliphatic heterocycles. The number of rotatable bonds is 4. The summed E-state index contributed by atoms with van der Waals surface area (Å²) in [6.45, 7) is 8.24. The maximum absolute atomic E-state index is 3.20. The summed E-state index contributed by atoms with van der Waals surface area (Å²) >= 11 is 0. The second-order valence-corrected chi connectivity index (χ2v) is 3.77. The molecule has 1 rings (SSSR count). The molecule has 0 aromatic heterocycles. The van der Waals surface area contributed by atoms with Gasteiger partial charge in [-0.2, -0.15) is 0 Å². The SMILES string of the molecule is CCNCC#Cc1ccc(CC)c(CC)c1. The van der Waals surface area contributed by atoms with Crippen molar-refractivity contribution < 1.29 is 0 Å². The number of hydrogen-bond acceptors (Lipinski definition) is 1. The fraction of sp³-hybridized carbons (Fsp3) is 0.467. The van der Waals surface area contributed by atoms with Crippen LogP contribution >= 0.6 is 0 Å². The van der Waals surface area contributed by atoms with E-state index in [-0.39, 0.29) is 0 Å². The van der Waals surface area contributed by atoms with E-state index in [1.807, 2.05) is 0 Å². The molecule has 0 radical (unpaired) electrons. The molecule has 86 valence electrons. The fourth-order valence-electron chi connectivity index (χ4n) is 1.71. The molecule has 0 unspecified atom stereocenters. The van der Waals surface area contributed by atoms with E-state index in [0.717, 1.165) is 31.5 Å². The van der Waals surface area contributed by atoms with E-state index in [9.17, 15) is 0 Å². The van der Waals surface area contributed by atoms with E-state index in [1.165, 1.54) is 11.1 Å². The standard InChI is InChI=1S/C15H21N/c1-4-14-10-9-13(12-15(14)5-2)8-7-11-16-6-3/h9-10,12,16H,4-6,11H2,1-3H3. The van der Waals surface area contributed by atoms with Crippen molar-refractivity contribution in [3.63, 3.8) is 0 Å². The molecular weight excluding hydrogens is 194 g/mol. The van der Waals surface area contributed by atoms with Crippen molar-refractivity contribution in [3.8, 4) is 11.8 Å². The quantitative estimate of drug-likeness (QED) is 0.601. The lowest BCUT2D eigenvalue weighted by atomic mass is 10.0. The van der Waals surface area contributed by atoms with Crippen LogP contribution in [0.25, 0.3) is 0 Å². The van der Waals surface area contributed by atoms with Crippen LogP contribution in [0.2, 0.25) is 0 Å². The Bertz CT molecular complexity index is 382. The number of benzene rings is 1. The number of nitrogens with one attached hydrogen (secondary N) is 1. The van der Waals surface area contributed by atoms with Crippen molar-refractivity contribution in [3.05, 3.63) is 34.9 Å². The van der Waals surface area contributed by atoms with Gasteiger partial charge in [0.05, 0.1) is 6.54 Å². The van der Waals surface area contributed by atoms with E-state index < -0.39 is 0 Å². The van der Waals surface area contributed by atoms with Crippen LogP contribution in [0.5, 0.6) is 0 Å². The summed E-state index contributed by atoms with van der Waals surface area (Å²) in [5.41, 5.74) is 4.00. The molecule has 0 amide bonds. The minimum absolute atomic E-state index is 0.771. The molecule has 0 spiro atoms. The Kier molecular flexibility index (Phi) is 5.67. The van der Waals surface area contributed by atoms with Gasteiger partial charge in [0.15, 0.2) is 0 Å². The Morgan fingerprint density at radius 3 is 2.44 bits per heavy atom. The van der Waals surface area contributed by atoms with Gasteiger partial charge in [0.1, 0.15) is 0 Å². The van der Waals surface area contributed by atoms with Gasteiger partial charge in [-0.15, -0.1) is 0 Å². The second kappa shape index (κ2) is 7.09. The van der Waals surface area contributed by atoms with Gasteiger partial charge in [-0.25, -0.2) is 0 Å². The smallest absolute Gasteiger partial charge is 0.0580 e. The molecule has 1 aromatic carbocycles. The van der Waals surface area contributed by atoms with E-state index in [4.69, 9.17) is 0 Å². The molecule has 0 aliphatic rings. The highest BCUT2D eigenvalue weighted by atomic mass is 14.8. The molecule has 0 saturated carbocycles. The molecule has 0 bridgehead atoms. The summed E-state index contributed by atoms with van der Waals surface area (Å²) in [5, 5.41) is 3.20. The van der Waals surface area contributed by atoms with Crippen LogP contribution in [0, 0.1) is 11.8 Å². The first-order chi connectivity index (χ1) is 7.81. The summed E-state index contributed by atoms with van der Waals surface area (Å²) in [6, 6.07) is 6.55. The third-order valence-corrected chi connectivity index (χ3v) is 2.66. The van der Waals surface area contributed by atoms with Gasteiger partial charge in [-0.3, -0.25) is 0 Å². The molecule has 1 aromatic rings. The van der Waals surface area contributed by atoms with Crippen molar-refractivity contribution in [1.82, 2.24) is 5.32 Å². The summed E-state index contributed by atoms with van der Waals surface area (Å²) in [6.07, 6.45) is 2.19. The third-order valence-electron chi connectivity index (χ3n) is 2.66. The van der Waals surface area contributed by atoms with Crippen LogP contribution in [0.1, 0.15) is 37.5 Å². The Labute approximate surface area is 99.3 Å². The zero-order chi connectivity index (χ0) is 11.8. The molecule has 0 aliphatic carbocycles. The molecular formula is C15H21N. The highest BCUT2D eigenvalue weighted by Gasteiger charge is 1.98. The van der Waals surface area contributed by atoms with Crippen molar-refractivity contribution >= 4 is 0 Å². The number of hydrogen-bond donors (Lipinski definition) is 1. The predicted octanol–water partition coefficient (Wildman–Crippen LogP) is 2.77. The summed E-state index contributed by atoms with van der Waals surface area (Å²) in [4.78, 5) is 0. The molecule has 0 atom stereocenters. The molecule has 1 heteroatoms. The second-order valence-electron chi connectivity index (χ2n) is 3.77. The largest absolute Gasteiger partial charge is 0.306 e. The molecule has 16 heavy (non-hydrogen) atoms. The Balaban J connectivity index is 2.77. The summed E-state index contributed by atoms with van der Waals surface area (Å²) in [7, 11) is 0. The van der Waals surface area contributed by atoms with Gasteiger partial charge in [0.2, 0.25) is 0 Å². The first-order valence-electron chi connectivity index (χ1n) is 6.13. The highest BCUT2D eigenvalue weighted by Crippen LogP contribution is 2.12. The van der Waals surface area contributed by atoms with Gasteiger partial charge >= 0.3 is 0 Å². The maximum Gasteiger partial charge on any atom is 0.0580 e. The molecule has 0 fully saturated rings. The zero-order valence-corrected chi connectivity index (χ0v) is 10.6.